The van der Waals surface area contributed by atoms with E-state index in [4.69, 9.17) is 23.2 Å². The molecular formula is C19H16Cl2N4OS. The average Bonchev–Trinajstić information content (AvgIpc) is 3.10. The molecule has 0 amide bonds. The van der Waals surface area contributed by atoms with Gasteiger partial charge in [-0.1, -0.05) is 54.0 Å². The number of rotatable bonds is 4. The van der Waals surface area contributed by atoms with Crippen LogP contribution in [0, 0.1) is 0 Å². The summed E-state index contributed by atoms with van der Waals surface area (Å²) in [7, 11) is 0. The van der Waals surface area contributed by atoms with E-state index in [1.165, 1.54) is 11.8 Å². The lowest BCUT2D eigenvalue weighted by Gasteiger charge is -2.33. The van der Waals surface area contributed by atoms with Crippen molar-refractivity contribution in [1.82, 2.24) is 14.9 Å². The first-order valence-corrected chi connectivity index (χ1v) is 10.1. The van der Waals surface area contributed by atoms with E-state index in [2.05, 4.69) is 15.6 Å². The maximum atomic E-state index is 13.3. The van der Waals surface area contributed by atoms with Gasteiger partial charge in [0.15, 0.2) is 11.6 Å². The number of carbonyl (C=O) groups excluding carboxylic acids is 1. The van der Waals surface area contributed by atoms with Gasteiger partial charge in [-0.2, -0.15) is 0 Å². The summed E-state index contributed by atoms with van der Waals surface area (Å²) in [5, 5.41) is 9.99. The Balaban J connectivity index is 1.75. The predicted octanol–water partition coefficient (Wildman–Crippen LogP) is 4.79. The number of Topliss-reactive ketones (excluding diaryl/α,β-unsaturated/α-hetero) is 1. The van der Waals surface area contributed by atoms with Crippen LogP contribution in [0.5, 0.6) is 0 Å². The number of aromatic nitrogens is 3. The number of benzene rings is 2. The predicted molar refractivity (Wildman–Crippen MR) is 108 cm³/mol. The molecule has 1 aliphatic heterocycles. The highest BCUT2D eigenvalue weighted by Gasteiger charge is 2.37. The lowest BCUT2D eigenvalue weighted by molar-refractivity contribution is 0.0980. The molecule has 0 spiro atoms. The number of ketones is 1. The van der Waals surface area contributed by atoms with E-state index in [0.29, 0.717) is 20.8 Å². The standard InChI is InChI=1S/C19H16Cl2N4OS/c1-2-15-22-23-19-25(15)24-16(11-3-7-13(20)8-4-11)18(27-19)17(26)12-5-9-14(21)10-6-12/h3-10,16,18,24H,2H2,1H3/t16-,18+/m0/s1. The number of hydrogen-bond donors (Lipinski definition) is 1. The monoisotopic (exact) mass is 418 g/mol. The topological polar surface area (TPSA) is 59.8 Å². The molecule has 0 unspecified atom stereocenters. The van der Waals surface area contributed by atoms with Crippen LogP contribution in [0.25, 0.3) is 0 Å². The quantitative estimate of drug-likeness (QED) is 0.617. The Kier molecular flexibility index (Phi) is 5.12. The highest BCUT2D eigenvalue weighted by molar-refractivity contribution is 8.00. The van der Waals surface area contributed by atoms with Crippen LogP contribution in [0.3, 0.4) is 0 Å². The van der Waals surface area contributed by atoms with Crippen LogP contribution in [0.4, 0.5) is 0 Å². The molecule has 0 bridgehead atoms. The summed E-state index contributed by atoms with van der Waals surface area (Å²) in [4.78, 5) is 13.3. The molecule has 5 nitrogen and oxygen atoms in total. The molecule has 4 rings (SSSR count). The fourth-order valence-corrected chi connectivity index (χ4v) is 4.45. The van der Waals surface area contributed by atoms with E-state index < -0.39 is 5.25 Å². The minimum atomic E-state index is -0.395. The second kappa shape index (κ2) is 7.54. The van der Waals surface area contributed by atoms with Gasteiger partial charge in [0.25, 0.3) is 0 Å². The van der Waals surface area contributed by atoms with Gasteiger partial charge in [-0.15, -0.1) is 10.2 Å². The van der Waals surface area contributed by atoms with Crippen molar-refractivity contribution in [1.29, 1.82) is 0 Å². The summed E-state index contributed by atoms with van der Waals surface area (Å²) in [5.74, 6) is 0.838. The van der Waals surface area contributed by atoms with Gasteiger partial charge >= 0.3 is 0 Å². The van der Waals surface area contributed by atoms with Crippen LogP contribution in [-0.2, 0) is 6.42 Å². The van der Waals surface area contributed by atoms with Crippen molar-refractivity contribution in [2.45, 2.75) is 29.8 Å². The molecule has 8 heteroatoms. The summed E-state index contributed by atoms with van der Waals surface area (Å²) in [6.07, 6.45) is 0.740. The molecule has 0 saturated heterocycles. The molecule has 2 heterocycles. The molecular weight excluding hydrogens is 403 g/mol. The highest BCUT2D eigenvalue weighted by atomic mass is 35.5. The minimum Gasteiger partial charge on any atom is -0.313 e. The molecule has 2 aromatic carbocycles. The Morgan fingerprint density at radius 2 is 1.70 bits per heavy atom. The maximum Gasteiger partial charge on any atom is 0.210 e. The fraction of sp³-hybridized carbons (Fsp3) is 0.211. The number of aryl methyl sites for hydroxylation is 1. The van der Waals surface area contributed by atoms with Crippen LogP contribution in [0.15, 0.2) is 53.7 Å². The number of halogens is 2. The zero-order valence-corrected chi connectivity index (χ0v) is 16.7. The Labute approximate surface area is 171 Å². The van der Waals surface area contributed by atoms with Crippen molar-refractivity contribution in [3.05, 3.63) is 75.5 Å². The van der Waals surface area contributed by atoms with Gasteiger partial charge in [0.05, 0.1) is 6.04 Å². The van der Waals surface area contributed by atoms with Gasteiger partial charge in [-0.25, -0.2) is 4.68 Å². The third-order valence-corrected chi connectivity index (χ3v) is 6.16. The third kappa shape index (κ3) is 3.57. The Morgan fingerprint density at radius 3 is 2.33 bits per heavy atom. The molecule has 0 aliphatic carbocycles. The molecule has 0 fully saturated rings. The summed E-state index contributed by atoms with van der Waals surface area (Å²) in [5.41, 5.74) is 5.01. The molecule has 1 aliphatic rings. The molecule has 138 valence electrons. The SMILES string of the molecule is CCc1nnc2n1N[C@@H](c1ccc(Cl)cc1)[C@H](C(=O)c1ccc(Cl)cc1)S2. The largest absolute Gasteiger partial charge is 0.313 e. The average molecular weight is 419 g/mol. The lowest BCUT2D eigenvalue weighted by atomic mass is 9.97. The van der Waals surface area contributed by atoms with Crippen LogP contribution in [0.1, 0.15) is 34.7 Å². The molecule has 27 heavy (non-hydrogen) atoms. The molecule has 0 saturated carbocycles. The smallest absolute Gasteiger partial charge is 0.210 e. The van der Waals surface area contributed by atoms with Crippen LogP contribution in [-0.4, -0.2) is 25.9 Å². The van der Waals surface area contributed by atoms with Crippen molar-refractivity contribution < 1.29 is 4.79 Å². The number of thioether (sulfide) groups is 1. The molecule has 2 atom stereocenters. The maximum absolute atomic E-state index is 13.3. The normalized spacial score (nSPS) is 18.6. The zero-order chi connectivity index (χ0) is 19.0. The van der Waals surface area contributed by atoms with Crippen molar-refractivity contribution >= 4 is 40.7 Å². The van der Waals surface area contributed by atoms with Crippen LogP contribution < -0.4 is 5.43 Å². The van der Waals surface area contributed by atoms with Gasteiger partial charge in [0, 0.05) is 22.0 Å². The van der Waals surface area contributed by atoms with Crippen molar-refractivity contribution in [2.24, 2.45) is 0 Å². The van der Waals surface area contributed by atoms with Gasteiger partial charge in [0.2, 0.25) is 5.16 Å². The second-order valence-corrected chi connectivity index (χ2v) is 8.14. The van der Waals surface area contributed by atoms with E-state index >= 15 is 0 Å². The Hall–Kier alpha value is -2.02. The van der Waals surface area contributed by atoms with E-state index in [-0.39, 0.29) is 11.8 Å². The first kappa shape index (κ1) is 18.3. The van der Waals surface area contributed by atoms with Crippen molar-refractivity contribution in [3.8, 4) is 0 Å². The zero-order valence-electron chi connectivity index (χ0n) is 14.4. The van der Waals surface area contributed by atoms with Gasteiger partial charge in [0.1, 0.15) is 5.25 Å². The Morgan fingerprint density at radius 1 is 1.07 bits per heavy atom. The molecule has 1 aromatic heterocycles. The van der Waals surface area contributed by atoms with E-state index in [9.17, 15) is 4.79 Å². The lowest BCUT2D eigenvalue weighted by Crippen LogP contribution is -2.39. The number of nitrogens with zero attached hydrogens (tertiary/aromatic N) is 3. The second-order valence-electron chi connectivity index (χ2n) is 6.16. The molecule has 0 radical (unpaired) electrons. The van der Waals surface area contributed by atoms with Crippen molar-refractivity contribution in [2.75, 3.05) is 5.43 Å². The third-order valence-electron chi connectivity index (χ3n) is 4.44. The van der Waals surface area contributed by atoms with Crippen molar-refractivity contribution in [3.63, 3.8) is 0 Å². The fourth-order valence-electron chi connectivity index (χ4n) is 3.03. The number of fused-ring (bicyclic) bond motifs is 1. The first-order valence-electron chi connectivity index (χ1n) is 8.49. The molecule has 3 aromatic rings. The number of nitrogens with one attached hydrogen (secondary N) is 1. The van der Waals surface area contributed by atoms with E-state index in [1.54, 1.807) is 24.3 Å². The summed E-state index contributed by atoms with van der Waals surface area (Å²) in [6, 6.07) is 14.2. The van der Waals surface area contributed by atoms with E-state index in [0.717, 1.165) is 17.8 Å². The van der Waals surface area contributed by atoms with Gasteiger partial charge in [-0.3, -0.25) is 4.79 Å². The van der Waals surface area contributed by atoms with Gasteiger partial charge < -0.3 is 5.43 Å². The Bertz CT molecular complexity index is 972. The number of carbonyl (C=O) groups is 1. The highest BCUT2D eigenvalue weighted by Crippen LogP contribution is 2.39. The minimum absolute atomic E-state index is 0.0106. The summed E-state index contributed by atoms with van der Waals surface area (Å²) in [6.45, 7) is 2.02. The van der Waals surface area contributed by atoms with Crippen LogP contribution in [0.2, 0.25) is 10.0 Å². The van der Waals surface area contributed by atoms with Gasteiger partial charge in [-0.05, 0) is 42.0 Å². The number of hydrogen-bond acceptors (Lipinski definition) is 5. The van der Waals surface area contributed by atoms with Crippen LogP contribution >= 0.6 is 35.0 Å². The summed E-state index contributed by atoms with van der Waals surface area (Å²) < 4.78 is 1.87. The molecule has 1 N–H and O–H groups in total. The summed E-state index contributed by atoms with van der Waals surface area (Å²) >= 11 is 13.4. The first-order chi connectivity index (χ1) is 13.1. The van der Waals surface area contributed by atoms with E-state index in [1.807, 2.05) is 35.9 Å².